The highest BCUT2D eigenvalue weighted by molar-refractivity contribution is 7.94. The first-order valence-corrected chi connectivity index (χ1v) is 9.55. The quantitative estimate of drug-likeness (QED) is 0.720. The van der Waals surface area contributed by atoms with E-state index in [9.17, 15) is 18.5 Å². The van der Waals surface area contributed by atoms with Gasteiger partial charge in [0.2, 0.25) is 0 Å². The molecule has 1 aromatic heterocycles. The summed E-state index contributed by atoms with van der Waals surface area (Å²) >= 11 is 0.618. The minimum absolute atomic E-state index is 0.0826. The molecule has 0 aliphatic heterocycles. The van der Waals surface area contributed by atoms with Crippen molar-refractivity contribution >= 4 is 27.0 Å². The van der Waals surface area contributed by atoms with Crippen molar-refractivity contribution in [2.45, 2.75) is 10.1 Å². The lowest BCUT2D eigenvalue weighted by Gasteiger charge is -2.11. The zero-order valence-electron chi connectivity index (χ0n) is 12.8. The molecular formula is C17H13N3O3S2. The summed E-state index contributed by atoms with van der Waals surface area (Å²) in [5.74, 6) is -0.429. The minimum atomic E-state index is -3.81. The van der Waals surface area contributed by atoms with Gasteiger partial charge in [0, 0.05) is 11.9 Å². The van der Waals surface area contributed by atoms with Gasteiger partial charge in [-0.05, 0) is 23.3 Å². The van der Waals surface area contributed by atoms with Crippen LogP contribution in [-0.4, -0.2) is 13.4 Å². The van der Waals surface area contributed by atoms with E-state index in [0.717, 1.165) is 17.3 Å². The van der Waals surface area contributed by atoms with Crippen molar-refractivity contribution in [3.63, 3.8) is 0 Å². The second-order valence-electron chi connectivity index (χ2n) is 5.20. The third-order valence-electron chi connectivity index (χ3n) is 3.52. The van der Waals surface area contributed by atoms with E-state index in [-0.39, 0.29) is 4.21 Å². The number of nitrogens with zero attached hydrogens (tertiary/aromatic N) is 1. The Kier molecular flexibility index (Phi) is 4.70. The lowest BCUT2D eigenvalue weighted by molar-refractivity contribution is 0.603. The fourth-order valence-electron chi connectivity index (χ4n) is 2.34. The SMILES string of the molecule is N#CC(c1ccccc1)c1ccc(NS(=O)(=O)c2c[nH]c(=O)s2)cc1. The number of nitrogens with one attached hydrogen (secondary N) is 2. The fraction of sp³-hybridized carbons (Fsp3) is 0.0588. The van der Waals surface area contributed by atoms with Crippen LogP contribution >= 0.6 is 11.3 Å². The summed E-state index contributed by atoms with van der Waals surface area (Å²) in [4.78, 5) is 13.0. The maximum atomic E-state index is 12.2. The molecule has 0 spiro atoms. The number of aromatic amines is 1. The average Bonchev–Trinajstić information content (AvgIpc) is 3.05. The van der Waals surface area contributed by atoms with Crippen molar-refractivity contribution in [3.8, 4) is 6.07 Å². The zero-order valence-corrected chi connectivity index (χ0v) is 14.5. The van der Waals surface area contributed by atoms with Gasteiger partial charge in [-0.3, -0.25) is 9.52 Å². The van der Waals surface area contributed by atoms with Gasteiger partial charge in [0.15, 0.2) is 4.21 Å². The van der Waals surface area contributed by atoms with Gasteiger partial charge in [0.25, 0.3) is 10.0 Å². The number of rotatable bonds is 5. The van der Waals surface area contributed by atoms with Crippen LogP contribution in [0, 0.1) is 11.3 Å². The van der Waals surface area contributed by atoms with Crippen LogP contribution in [0.2, 0.25) is 0 Å². The normalized spacial score (nSPS) is 12.3. The first-order chi connectivity index (χ1) is 12.0. The number of aromatic nitrogens is 1. The van der Waals surface area contributed by atoms with Crippen LogP contribution in [0.3, 0.4) is 0 Å². The number of anilines is 1. The van der Waals surface area contributed by atoms with Gasteiger partial charge in [-0.1, -0.05) is 53.8 Å². The van der Waals surface area contributed by atoms with Gasteiger partial charge in [-0.15, -0.1) is 0 Å². The van der Waals surface area contributed by atoms with E-state index in [2.05, 4.69) is 15.8 Å². The molecule has 1 atom stereocenters. The first kappa shape index (κ1) is 17.0. The van der Waals surface area contributed by atoms with E-state index >= 15 is 0 Å². The van der Waals surface area contributed by atoms with E-state index in [1.807, 2.05) is 30.3 Å². The van der Waals surface area contributed by atoms with Crippen molar-refractivity contribution in [3.05, 3.63) is 81.6 Å². The van der Waals surface area contributed by atoms with Crippen LogP contribution in [0.15, 0.2) is 69.8 Å². The molecule has 0 amide bonds. The predicted molar refractivity (Wildman–Crippen MR) is 96.1 cm³/mol. The predicted octanol–water partition coefficient (Wildman–Crippen LogP) is 2.89. The number of hydrogen-bond donors (Lipinski definition) is 2. The highest BCUT2D eigenvalue weighted by Crippen LogP contribution is 2.26. The molecular weight excluding hydrogens is 358 g/mol. The van der Waals surface area contributed by atoms with E-state index in [4.69, 9.17) is 0 Å². The molecule has 3 aromatic rings. The molecule has 0 radical (unpaired) electrons. The van der Waals surface area contributed by atoms with E-state index in [1.165, 1.54) is 0 Å². The van der Waals surface area contributed by atoms with Gasteiger partial charge in [0.1, 0.15) is 0 Å². The number of sulfonamides is 1. The van der Waals surface area contributed by atoms with Crippen molar-refractivity contribution in [1.82, 2.24) is 4.98 Å². The summed E-state index contributed by atoms with van der Waals surface area (Å²) in [5.41, 5.74) is 1.99. The monoisotopic (exact) mass is 371 g/mol. The Morgan fingerprint density at radius 1 is 1.04 bits per heavy atom. The van der Waals surface area contributed by atoms with Crippen molar-refractivity contribution in [1.29, 1.82) is 5.26 Å². The maximum absolute atomic E-state index is 12.2. The van der Waals surface area contributed by atoms with E-state index < -0.39 is 20.8 Å². The summed E-state index contributed by atoms with van der Waals surface area (Å²) < 4.78 is 26.7. The Balaban J connectivity index is 1.83. The number of thiazole rings is 1. The van der Waals surface area contributed by atoms with Crippen molar-refractivity contribution in [2.75, 3.05) is 4.72 Å². The molecule has 3 rings (SSSR count). The van der Waals surface area contributed by atoms with Crippen LogP contribution in [0.25, 0.3) is 0 Å². The third kappa shape index (κ3) is 3.79. The zero-order chi connectivity index (χ0) is 17.9. The van der Waals surface area contributed by atoms with Crippen LogP contribution in [0.5, 0.6) is 0 Å². The van der Waals surface area contributed by atoms with Crippen LogP contribution in [0.1, 0.15) is 17.0 Å². The van der Waals surface area contributed by atoms with Crippen LogP contribution in [-0.2, 0) is 10.0 Å². The van der Waals surface area contributed by atoms with Gasteiger partial charge in [-0.25, -0.2) is 8.42 Å². The summed E-state index contributed by atoms with van der Waals surface area (Å²) in [6.45, 7) is 0. The van der Waals surface area contributed by atoms with Crippen molar-refractivity contribution in [2.24, 2.45) is 0 Å². The van der Waals surface area contributed by atoms with Gasteiger partial charge in [-0.2, -0.15) is 5.26 Å². The average molecular weight is 371 g/mol. The Hall–Kier alpha value is -2.89. The Labute approximate surface area is 148 Å². The van der Waals surface area contributed by atoms with Crippen molar-refractivity contribution < 1.29 is 8.42 Å². The molecule has 0 aliphatic carbocycles. The Bertz CT molecular complexity index is 1060. The second kappa shape index (κ2) is 6.93. The highest BCUT2D eigenvalue weighted by atomic mass is 32.2. The van der Waals surface area contributed by atoms with Gasteiger partial charge >= 0.3 is 4.87 Å². The molecule has 0 bridgehead atoms. The number of hydrogen-bond acceptors (Lipinski definition) is 5. The molecule has 25 heavy (non-hydrogen) atoms. The van der Waals surface area contributed by atoms with Gasteiger partial charge < -0.3 is 4.98 Å². The molecule has 0 aliphatic rings. The molecule has 6 nitrogen and oxygen atoms in total. The molecule has 126 valence electrons. The molecule has 2 aromatic carbocycles. The molecule has 2 N–H and O–H groups in total. The highest BCUT2D eigenvalue weighted by Gasteiger charge is 2.18. The largest absolute Gasteiger partial charge is 0.318 e. The molecule has 1 heterocycles. The molecule has 0 saturated carbocycles. The summed E-state index contributed by atoms with van der Waals surface area (Å²) in [5, 5.41) is 9.45. The lowest BCUT2D eigenvalue weighted by Crippen LogP contribution is -2.11. The second-order valence-corrected chi connectivity index (χ2v) is 8.12. The first-order valence-electron chi connectivity index (χ1n) is 7.25. The number of H-pyrrole nitrogens is 1. The lowest BCUT2D eigenvalue weighted by atomic mass is 9.93. The molecule has 0 saturated heterocycles. The Morgan fingerprint density at radius 2 is 1.68 bits per heavy atom. The summed E-state index contributed by atoms with van der Waals surface area (Å²) in [7, 11) is -3.81. The Morgan fingerprint density at radius 3 is 2.24 bits per heavy atom. The van der Waals surface area contributed by atoms with Crippen LogP contribution < -0.4 is 9.60 Å². The van der Waals surface area contributed by atoms with E-state index in [0.29, 0.717) is 17.0 Å². The maximum Gasteiger partial charge on any atom is 0.305 e. The molecule has 0 fully saturated rings. The third-order valence-corrected chi connectivity index (χ3v) is 6.21. The number of benzene rings is 2. The van der Waals surface area contributed by atoms with Gasteiger partial charge in [0.05, 0.1) is 12.0 Å². The summed E-state index contributed by atoms with van der Waals surface area (Å²) in [6.07, 6.45) is 1.16. The topological polar surface area (TPSA) is 103 Å². The van der Waals surface area contributed by atoms with E-state index in [1.54, 1.807) is 24.3 Å². The molecule has 1 unspecified atom stereocenters. The smallest absolute Gasteiger partial charge is 0.305 e. The minimum Gasteiger partial charge on any atom is -0.318 e. The summed E-state index contributed by atoms with van der Waals surface area (Å²) in [6, 6.07) is 18.2. The molecule has 8 heteroatoms. The van der Waals surface area contributed by atoms with Crippen LogP contribution in [0.4, 0.5) is 5.69 Å². The fourth-order valence-corrected chi connectivity index (χ4v) is 4.31. The number of nitriles is 1. The standard InChI is InChI=1S/C17H13N3O3S2/c18-10-15(12-4-2-1-3-5-12)13-6-8-14(9-7-13)20-25(22,23)16-11-19-17(21)24-16/h1-9,11,15,20H,(H,19,21).